The maximum absolute atomic E-state index is 12.6. The first-order valence-corrected chi connectivity index (χ1v) is 12.4. The predicted molar refractivity (Wildman–Crippen MR) is 133 cm³/mol. The van der Waals surface area contributed by atoms with Crippen LogP contribution in [0.25, 0.3) is 10.2 Å². The van der Waals surface area contributed by atoms with Gasteiger partial charge in [0.15, 0.2) is 0 Å². The molecule has 3 aromatic carbocycles. The van der Waals surface area contributed by atoms with Crippen LogP contribution in [-0.4, -0.2) is 33.5 Å². The van der Waals surface area contributed by atoms with Crippen molar-refractivity contribution in [3.8, 4) is 11.5 Å². The van der Waals surface area contributed by atoms with Crippen molar-refractivity contribution in [3.63, 3.8) is 0 Å². The van der Waals surface area contributed by atoms with E-state index in [0.29, 0.717) is 38.4 Å². The van der Waals surface area contributed by atoms with Gasteiger partial charge in [0, 0.05) is 11.3 Å². The van der Waals surface area contributed by atoms with E-state index < -0.39 is 15.9 Å². The highest BCUT2D eigenvalue weighted by molar-refractivity contribution is 7.92. The molecule has 12 heteroatoms. The number of amides is 1. The van der Waals surface area contributed by atoms with E-state index in [1.165, 1.54) is 62.0 Å². The minimum absolute atomic E-state index is 0.0897. The first-order chi connectivity index (χ1) is 16.3. The van der Waals surface area contributed by atoms with E-state index in [2.05, 4.69) is 20.6 Å². The van der Waals surface area contributed by atoms with Crippen molar-refractivity contribution < 1.29 is 22.7 Å². The monoisotopic (exact) mass is 518 g/mol. The molecule has 34 heavy (non-hydrogen) atoms. The van der Waals surface area contributed by atoms with Gasteiger partial charge in [-0.1, -0.05) is 22.9 Å². The number of nitrogens with one attached hydrogen (secondary N) is 3. The molecular weight excluding hydrogens is 500 g/mol. The van der Waals surface area contributed by atoms with Gasteiger partial charge in [0.2, 0.25) is 5.13 Å². The lowest BCUT2D eigenvalue weighted by Gasteiger charge is -2.10. The maximum atomic E-state index is 12.6. The van der Waals surface area contributed by atoms with Gasteiger partial charge < -0.3 is 9.47 Å². The van der Waals surface area contributed by atoms with Crippen LogP contribution in [0.1, 0.15) is 10.4 Å². The molecule has 0 atom stereocenters. The van der Waals surface area contributed by atoms with Gasteiger partial charge in [-0.25, -0.2) is 13.4 Å². The predicted octanol–water partition coefficient (Wildman–Crippen LogP) is 4.52. The Bertz CT molecular complexity index is 1440. The van der Waals surface area contributed by atoms with E-state index in [1.54, 1.807) is 24.3 Å². The Kier molecular flexibility index (Phi) is 6.77. The molecule has 1 heterocycles. The van der Waals surface area contributed by atoms with Gasteiger partial charge in [-0.15, -0.1) is 0 Å². The summed E-state index contributed by atoms with van der Waals surface area (Å²) >= 11 is 7.48. The highest BCUT2D eigenvalue weighted by Gasteiger charge is 2.16. The standard InChI is InChI=1S/C22H19ClN4O5S2/c1-31-15-7-9-16(10-8-15)34(29,30)27-14-5-3-13(4-6-14)21(28)25-26-22-24-19-18(32-2)12-11-17(23)20(19)33-22/h3-12,27H,1-2H3,(H,24,26)(H,25,28). The van der Waals surface area contributed by atoms with Gasteiger partial charge in [-0.3, -0.25) is 20.4 Å². The van der Waals surface area contributed by atoms with E-state index in [1.807, 2.05) is 0 Å². The van der Waals surface area contributed by atoms with Crippen molar-refractivity contribution in [3.05, 3.63) is 71.2 Å². The van der Waals surface area contributed by atoms with Crippen molar-refractivity contribution in [2.45, 2.75) is 4.90 Å². The zero-order chi connectivity index (χ0) is 24.3. The number of thiazole rings is 1. The van der Waals surface area contributed by atoms with E-state index >= 15 is 0 Å². The summed E-state index contributed by atoms with van der Waals surface area (Å²) in [7, 11) is -0.746. The molecular formula is C22H19ClN4O5S2. The molecule has 4 rings (SSSR count). The highest BCUT2D eigenvalue weighted by Crippen LogP contribution is 2.37. The zero-order valence-electron chi connectivity index (χ0n) is 18.0. The summed E-state index contributed by atoms with van der Waals surface area (Å²) in [5.74, 6) is 0.695. The summed E-state index contributed by atoms with van der Waals surface area (Å²) in [5.41, 5.74) is 6.55. The third-order valence-electron chi connectivity index (χ3n) is 4.73. The van der Waals surface area contributed by atoms with Gasteiger partial charge in [-0.2, -0.15) is 0 Å². The molecule has 0 bridgehead atoms. The Hall–Kier alpha value is -3.54. The number of hydrogen-bond donors (Lipinski definition) is 3. The summed E-state index contributed by atoms with van der Waals surface area (Å²) in [4.78, 5) is 17.0. The van der Waals surface area contributed by atoms with E-state index in [0.717, 1.165) is 4.70 Å². The Morgan fingerprint density at radius 2 is 1.68 bits per heavy atom. The Morgan fingerprint density at radius 1 is 0.971 bits per heavy atom. The van der Waals surface area contributed by atoms with Crippen LogP contribution in [0, 0.1) is 0 Å². The fourth-order valence-corrected chi connectivity index (χ4v) is 5.18. The number of benzene rings is 3. The molecule has 0 unspecified atom stereocenters. The molecule has 0 aliphatic heterocycles. The fourth-order valence-electron chi connectivity index (χ4n) is 3.01. The van der Waals surface area contributed by atoms with Crippen molar-refractivity contribution in [1.82, 2.24) is 10.4 Å². The molecule has 0 aliphatic rings. The molecule has 0 saturated heterocycles. The van der Waals surface area contributed by atoms with Crippen molar-refractivity contribution in [2.75, 3.05) is 24.4 Å². The minimum Gasteiger partial charge on any atom is -0.497 e. The number of carbonyl (C=O) groups excluding carboxylic acids is 1. The van der Waals surface area contributed by atoms with Crippen LogP contribution < -0.4 is 25.0 Å². The minimum atomic E-state index is -3.79. The zero-order valence-corrected chi connectivity index (χ0v) is 20.3. The molecule has 0 spiro atoms. The van der Waals surface area contributed by atoms with Crippen molar-refractivity contribution in [2.24, 2.45) is 0 Å². The molecule has 1 amide bonds. The summed E-state index contributed by atoms with van der Waals surface area (Å²) in [5, 5.41) is 0.957. The lowest BCUT2D eigenvalue weighted by molar-refractivity contribution is 0.0962. The van der Waals surface area contributed by atoms with Crippen LogP contribution in [0.15, 0.2) is 65.6 Å². The largest absolute Gasteiger partial charge is 0.497 e. The Morgan fingerprint density at radius 3 is 2.32 bits per heavy atom. The average Bonchev–Trinajstić information content (AvgIpc) is 3.28. The second-order valence-corrected chi connectivity index (χ2v) is 9.97. The van der Waals surface area contributed by atoms with Gasteiger partial charge in [0.1, 0.15) is 17.0 Å². The molecule has 4 aromatic rings. The summed E-state index contributed by atoms with van der Waals surface area (Å²) in [6.07, 6.45) is 0. The SMILES string of the molecule is COc1ccc(S(=O)(=O)Nc2ccc(C(=O)NNc3nc4c(OC)ccc(Cl)c4s3)cc2)cc1. The maximum Gasteiger partial charge on any atom is 0.269 e. The molecule has 9 nitrogen and oxygen atoms in total. The van der Waals surface area contributed by atoms with Crippen molar-refractivity contribution >= 4 is 59.9 Å². The Labute approximate surface area is 204 Å². The smallest absolute Gasteiger partial charge is 0.269 e. The quantitative estimate of drug-likeness (QED) is 0.293. The van der Waals surface area contributed by atoms with Crippen LogP contribution in [0.3, 0.4) is 0 Å². The second kappa shape index (κ2) is 9.75. The molecule has 0 aliphatic carbocycles. The lowest BCUT2D eigenvalue weighted by atomic mass is 10.2. The van der Waals surface area contributed by atoms with Crippen LogP contribution >= 0.6 is 22.9 Å². The normalized spacial score (nSPS) is 11.1. The first-order valence-electron chi connectivity index (χ1n) is 9.77. The van der Waals surface area contributed by atoms with E-state index in [-0.39, 0.29) is 4.90 Å². The molecule has 3 N–H and O–H groups in total. The van der Waals surface area contributed by atoms with Crippen LogP contribution in [0.4, 0.5) is 10.8 Å². The molecule has 176 valence electrons. The third-order valence-corrected chi connectivity index (χ3v) is 7.56. The van der Waals surface area contributed by atoms with Gasteiger partial charge in [-0.05, 0) is 60.7 Å². The van der Waals surface area contributed by atoms with E-state index in [9.17, 15) is 13.2 Å². The van der Waals surface area contributed by atoms with Crippen LogP contribution in [0.5, 0.6) is 11.5 Å². The third kappa shape index (κ3) is 5.01. The van der Waals surface area contributed by atoms with E-state index in [4.69, 9.17) is 21.1 Å². The number of hydrazine groups is 1. The molecule has 1 aromatic heterocycles. The second-order valence-electron chi connectivity index (χ2n) is 6.88. The van der Waals surface area contributed by atoms with Crippen LogP contribution in [-0.2, 0) is 10.0 Å². The molecule has 0 saturated carbocycles. The highest BCUT2D eigenvalue weighted by atomic mass is 35.5. The molecule has 0 radical (unpaired) electrons. The summed E-state index contributed by atoms with van der Waals surface area (Å²) in [6, 6.07) is 15.4. The number of carbonyl (C=O) groups is 1. The number of methoxy groups -OCH3 is 2. The topological polar surface area (TPSA) is 119 Å². The lowest BCUT2D eigenvalue weighted by Crippen LogP contribution is -2.29. The number of anilines is 2. The van der Waals surface area contributed by atoms with Gasteiger partial charge >= 0.3 is 0 Å². The van der Waals surface area contributed by atoms with Gasteiger partial charge in [0.25, 0.3) is 15.9 Å². The van der Waals surface area contributed by atoms with Crippen LogP contribution in [0.2, 0.25) is 5.02 Å². The first kappa shape index (κ1) is 23.6. The van der Waals surface area contributed by atoms with Gasteiger partial charge in [0.05, 0.1) is 28.8 Å². The Balaban J connectivity index is 1.41. The number of halogens is 1. The average molecular weight is 519 g/mol. The summed E-state index contributed by atoms with van der Waals surface area (Å²) in [6.45, 7) is 0. The van der Waals surface area contributed by atoms with Crippen molar-refractivity contribution in [1.29, 1.82) is 0 Å². The number of ether oxygens (including phenoxy) is 2. The molecule has 0 fully saturated rings. The number of nitrogens with zero attached hydrogens (tertiary/aromatic N) is 1. The number of fused-ring (bicyclic) bond motifs is 1. The fraction of sp³-hybridized carbons (Fsp3) is 0.0909. The summed E-state index contributed by atoms with van der Waals surface area (Å²) < 4.78 is 38.7. The number of aromatic nitrogens is 1. The number of hydrogen-bond acceptors (Lipinski definition) is 8. The number of sulfonamides is 1. The number of rotatable bonds is 8.